The van der Waals surface area contributed by atoms with Gasteiger partial charge in [-0.25, -0.2) is 4.39 Å². The molecule has 3 aromatic rings. The number of nitrogens with one attached hydrogen (secondary N) is 1. The van der Waals surface area contributed by atoms with Gasteiger partial charge in [0.05, 0.1) is 5.56 Å². The summed E-state index contributed by atoms with van der Waals surface area (Å²) in [5, 5.41) is 10.6. The number of aromatic nitrogens is 3. The Labute approximate surface area is 203 Å². The van der Waals surface area contributed by atoms with Crippen molar-refractivity contribution in [3.8, 4) is 0 Å². The fourth-order valence-electron chi connectivity index (χ4n) is 5.08. The van der Waals surface area contributed by atoms with Crippen molar-refractivity contribution in [1.29, 1.82) is 0 Å². The highest BCUT2D eigenvalue weighted by atomic mass is 19.4. The molecule has 1 aromatic heterocycles. The number of hydrogen-bond donors (Lipinski definition) is 1. The monoisotopic (exact) mass is 501 g/mol. The van der Waals surface area contributed by atoms with Crippen LogP contribution in [0.15, 0.2) is 42.5 Å². The number of alkyl halides is 3. The summed E-state index contributed by atoms with van der Waals surface area (Å²) in [6, 6.07) is 7.58. The smallest absolute Gasteiger partial charge is 0.339 e. The summed E-state index contributed by atoms with van der Waals surface area (Å²) in [4.78, 5) is 29.2. The number of carbonyl (C=O) groups excluding carboxylic acids is 2. The quantitative estimate of drug-likeness (QED) is 0.432. The first-order valence-corrected chi connectivity index (χ1v) is 11.6. The average Bonchev–Trinajstić information content (AvgIpc) is 3.44. The highest BCUT2D eigenvalue weighted by Crippen LogP contribution is 2.34. The third kappa shape index (κ3) is 4.82. The third-order valence-corrected chi connectivity index (χ3v) is 7.00. The van der Waals surface area contributed by atoms with Crippen molar-refractivity contribution in [2.45, 2.75) is 19.0 Å². The Morgan fingerprint density at radius 2 is 1.64 bits per heavy atom. The minimum Gasteiger partial charge on any atom is -0.339 e. The van der Waals surface area contributed by atoms with Gasteiger partial charge in [0.15, 0.2) is 0 Å². The van der Waals surface area contributed by atoms with Crippen molar-refractivity contribution in [1.82, 2.24) is 25.2 Å². The molecule has 36 heavy (non-hydrogen) atoms. The molecule has 5 rings (SSSR count). The van der Waals surface area contributed by atoms with Gasteiger partial charge in [-0.2, -0.15) is 28.6 Å². The molecule has 2 saturated heterocycles. The molecule has 0 saturated carbocycles. The van der Waals surface area contributed by atoms with E-state index >= 15 is 0 Å². The Morgan fingerprint density at radius 3 is 2.33 bits per heavy atom. The maximum atomic E-state index is 13.3. The average molecular weight is 501 g/mol. The summed E-state index contributed by atoms with van der Waals surface area (Å²) >= 11 is 0. The summed E-state index contributed by atoms with van der Waals surface area (Å²) in [5.41, 5.74) is 0.477. The van der Waals surface area contributed by atoms with Crippen LogP contribution in [-0.4, -0.2) is 63.2 Å². The van der Waals surface area contributed by atoms with E-state index in [1.54, 1.807) is 23.1 Å². The molecule has 0 unspecified atom stereocenters. The number of benzene rings is 2. The molecule has 3 heterocycles. The summed E-state index contributed by atoms with van der Waals surface area (Å²) in [6.07, 6.45) is -1.14. The lowest BCUT2D eigenvalue weighted by atomic mass is 9.92. The van der Waals surface area contributed by atoms with Gasteiger partial charge in [-0.3, -0.25) is 9.59 Å². The molecule has 2 aliphatic heterocycles. The largest absolute Gasteiger partial charge is 0.417 e. The second kappa shape index (κ2) is 9.36. The van der Waals surface area contributed by atoms with E-state index in [1.165, 1.54) is 0 Å². The molecule has 0 radical (unpaired) electrons. The standard InChI is InChI=1S/C25H23F4N5O2/c26-19-4-1-15(20(12-19)25(27,28)29)3-6-23(35)33-9-7-17-13-34(14-18(17)8-10-33)24(36)16-2-5-21-22(11-16)31-32-30-21/h1-6,11-12,17-18H,7-10,13-14H2,(H,30,31,32)/b6-3+/t17-,18+. The predicted molar refractivity (Wildman–Crippen MR) is 123 cm³/mol. The topological polar surface area (TPSA) is 82.2 Å². The molecule has 2 aliphatic rings. The number of likely N-dealkylation sites (tertiary alicyclic amines) is 2. The minimum atomic E-state index is -4.73. The second-order valence-electron chi connectivity index (χ2n) is 9.22. The van der Waals surface area contributed by atoms with Gasteiger partial charge in [0, 0.05) is 37.8 Å². The Bertz CT molecular complexity index is 1320. The first-order valence-electron chi connectivity index (χ1n) is 11.6. The molecule has 1 N–H and O–H groups in total. The van der Waals surface area contributed by atoms with Gasteiger partial charge < -0.3 is 9.80 Å². The molecule has 7 nitrogen and oxygen atoms in total. The fraction of sp³-hybridized carbons (Fsp3) is 0.360. The van der Waals surface area contributed by atoms with Crippen LogP contribution >= 0.6 is 0 Å². The first kappa shape index (κ1) is 24.0. The highest BCUT2D eigenvalue weighted by Gasteiger charge is 2.38. The minimum absolute atomic E-state index is 0.0661. The lowest BCUT2D eigenvalue weighted by Crippen LogP contribution is -2.33. The van der Waals surface area contributed by atoms with Crippen molar-refractivity contribution < 1.29 is 27.2 Å². The highest BCUT2D eigenvalue weighted by molar-refractivity contribution is 5.97. The van der Waals surface area contributed by atoms with E-state index in [2.05, 4.69) is 15.4 Å². The van der Waals surface area contributed by atoms with Crippen LogP contribution in [0.5, 0.6) is 0 Å². The van der Waals surface area contributed by atoms with Crippen molar-refractivity contribution >= 4 is 28.9 Å². The van der Waals surface area contributed by atoms with E-state index in [0.29, 0.717) is 61.7 Å². The zero-order chi connectivity index (χ0) is 25.4. The van der Waals surface area contributed by atoms with Crippen LogP contribution in [0.1, 0.15) is 34.3 Å². The molecular weight excluding hydrogens is 478 g/mol. The SMILES string of the molecule is O=C(/C=C/c1ccc(F)cc1C(F)(F)F)N1CC[C@@H]2CN(C(=O)c3ccc4n[nH]nc4c3)C[C@@H]2CC1. The van der Waals surface area contributed by atoms with Gasteiger partial charge >= 0.3 is 6.18 Å². The number of hydrogen-bond acceptors (Lipinski definition) is 4. The molecule has 2 atom stereocenters. The van der Waals surface area contributed by atoms with Crippen LogP contribution in [-0.2, 0) is 11.0 Å². The van der Waals surface area contributed by atoms with Crippen molar-refractivity contribution in [2.75, 3.05) is 26.2 Å². The van der Waals surface area contributed by atoms with Crippen LogP contribution < -0.4 is 0 Å². The van der Waals surface area contributed by atoms with Crippen LogP contribution in [0.3, 0.4) is 0 Å². The number of nitrogens with zero attached hydrogens (tertiary/aromatic N) is 4. The number of H-pyrrole nitrogens is 1. The van der Waals surface area contributed by atoms with Gasteiger partial charge in [0.2, 0.25) is 5.91 Å². The second-order valence-corrected chi connectivity index (χ2v) is 9.22. The van der Waals surface area contributed by atoms with Crippen molar-refractivity contribution in [2.24, 2.45) is 11.8 Å². The Balaban J connectivity index is 1.21. The molecule has 0 bridgehead atoms. The molecule has 0 aliphatic carbocycles. The first-order chi connectivity index (χ1) is 17.2. The number of aromatic amines is 1. The lowest BCUT2D eigenvalue weighted by molar-refractivity contribution is -0.138. The van der Waals surface area contributed by atoms with Gasteiger partial charge in [0.25, 0.3) is 5.91 Å². The summed E-state index contributed by atoms with van der Waals surface area (Å²) in [7, 11) is 0. The van der Waals surface area contributed by atoms with Crippen LogP contribution in [0.4, 0.5) is 17.6 Å². The summed E-state index contributed by atoms with van der Waals surface area (Å²) in [5.74, 6) is -0.971. The zero-order valence-corrected chi connectivity index (χ0v) is 19.1. The number of rotatable bonds is 3. The molecular formula is C25H23F4N5O2. The van der Waals surface area contributed by atoms with E-state index in [9.17, 15) is 27.2 Å². The van der Waals surface area contributed by atoms with Crippen LogP contribution in [0, 0.1) is 17.7 Å². The molecule has 2 aromatic carbocycles. The van der Waals surface area contributed by atoms with Gasteiger partial charge in [-0.05, 0) is 66.6 Å². The number of halogens is 4. The van der Waals surface area contributed by atoms with E-state index < -0.39 is 17.6 Å². The maximum Gasteiger partial charge on any atom is 0.417 e. The number of carbonyl (C=O) groups is 2. The molecule has 188 valence electrons. The zero-order valence-electron chi connectivity index (χ0n) is 19.1. The Morgan fingerprint density at radius 1 is 0.944 bits per heavy atom. The lowest BCUT2D eigenvalue weighted by Gasteiger charge is -2.21. The summed E-state index contributed by atoms with van der Waals surface area (Å²) in [6.45, 7) is 2.07. The van der Waals surface area contributed by atoms with E-state index in [0.717, 1.165) is 24.3 Å². The molecule has 0 spiro atoms. The molecule has 11 heteroatoms. The normalized spacial score (nSPS) is 20.7. The molecule has 2 amide bonds. The number of amides is 2. The Hall–Kier alpha value is -3.76. The fourth-order valence-corrected chi connectivity index (χ4v) is 5.08. The van der Waals surface area contributed by atoms with Crippen LogP contribution in [0.25, 0.3) is 17.1 Å². The van der Waals surface area contributed by atoms with Gasteiger partial charge in [-0.15, -0.1) is 0 Å². The third-order valence-electron chi connectivity index (χ3n) is 7.00. The van der Waals surface area contributed by atoms with Crippen molar-refractivity contribution in [3.05, 3.63) is 65.0 Å². The number of fused-ring (bicyclic) bond motifs is 2. The summed E-state index contributed by atoms with van der Waals surface area (Å²) < 4.78 is 53.0. The van der Waals surface area contributed by atoms with Crippen molar-refractivity contribution in [3.63, 3.8) is 0 Å². The van der Waals surface area contributed by atoms with E-state index in [1.807, 2.05) is 4.90 Å². The van der Waals surface area contributed by atoms with Crippen LogP contribution in [0.2, 0.25) is 0 Å². The van der Waals surface area contributed by atoms with E-state index in [4.69, 9.17) is 0 Å². The van der Waals surface area contributed by atoms with E-state index in [-0.39, 0.29) is 29.2 Å². The predicted octanol–water partition coefficient (Wildman–Crippen LogP) is 4.14. The van der Waals surface area contributed by atoms with Gasteiger partial charge in [-0.1, -0.05) is 6.07 Å². The van der Waals surface area contributed by atoms with Gasteiger partial charge in [0.1, 0.15) is 16.9 Å². The maximum absolute atomic E-state index is 13.3. The molecule has 2 fully saturated rings. The Kier molecular flexibility index (Phi) is 6.23.